The van der Waals surface area contributed by atoms with Gasteiger partial charge in [-0.2, -0.15) is 0 Å². The number of carboxylic acid groups (broad SMARTS) is 1. The number of hydrogen-bond acceptors (Lipinski definition) is 6. The second-order valence-electron chi connectivity index (χ2n) is 6.16. The molecule has 2 aromatic rings. The Morgan fingerprint density at radius 1 is 1.21 bits per heavy atom. The van der Waals surface area contributed by atoms with Gasteiger partial charge in [-0.1, -0.05) is 54.3 Å². The molecule has 29 heavy (non-hydrogen) atoms. The Labute approximate surface area is 176 Å². The number of phenols is 1. The molecule has 7 nitrogen and oxygen atoms in total. The lowest BCUT2D eigenvalue weighted by atomic mass is 10.1. The monoisotopic (exact) mass is 428 g/mol. The smallest absolute Gasteiger partial charge is 0.339 e. The third-order valence-electron chi connectivity index (χ3n) is 4.18. The maximum absolute atomic E-state index is 12.8. The van der Waals surface area contributed by atoms with E-state index in [1.807, 2.05) is 30.3 Å². The Kier molecular flexibility index (Phi) is 6.00. The molecule has 9 heteroatoms. The molecule has 1 aliphatic heterocycles. The molecule has 1 fully saturated rings. The molecule has 0 bridgehead atoms. The molecule has 0 aliphatic carbocycles. The minimum absolute atomic E-state index is 0.203. The third-order valence-corrected chi connectivity index (χ3v) is 5.51. The van der Waals surface area contributed by atoms with Crippen molar-refractivity contribution in [1.29, 1.82) is 0 Å². The summed E-state index contributed by atoms with van der Waals surface area (Å²) in [5.74, 6) is -2.64. The highest BCUT2D eigenvalue weighted by Gasteiger charge is 2.38. The first-order chi connectivity index (χ1) is 13.8. The Morgan fingerprint density at radius 2 is 1.90 bits per heavy atom. The number of thioether (sulfide) groups is 1. The normalized spacial score (nSPS) is 16.2. The number of aromatic hydroxyl groups is 1. The lowest BCUT2D eigenvalue weighted by Crippen LogP contribution is -2.44. The van der Waals surface area contributed by atoms with Crippen molar-refractivity contribution in [2.24, 2.45) is 0 Å². The zero-order valence-corrected chi connectivity index (χ0v) is 16.8. The minimum Gasteiger partial charge on any atom is -0.507 e. The molecule has 2 aromatic carbocycles. The number of carbonyl (C=O) groups is 3. The first-order valence-corrected chi connectivity index (χ1v) is 9.69. The molecule has 1 saturated heterocycles. The van der Waals surface area contributed by atoms with Crippen LogP contribution in [0, 0.1) is 0 Å². The number of aromatic carboxylic acids is 1. The Balaban J connectivity index is 1.75. The fourth-order valence-electron chi connectivity index (χ4n) is 2.67. The van der Waals surface area contributed by atoms with E-state index >= 15 is 0 Å². The van der Waals surface area contributed by atoms with Crippen molar-refractivity contribution in [3.63, 3.8) is 0 Å². The van der Waals surface area contributed by atoms with Gasteiger partial charge in [-0.05, 0) is 30.7 Å². The summed E-state index contributed by atoms with van der Waals surface area (Å²) in [5, 5.41) is 21.3. The Bertz CT molecular complexity index is 1040. The second-order valence-corrected chi connectivity index (χ2v) is 7.84. The van der Waals surface area contributed by atoms with Crippen molar-refractivity contribution < 1.29 is 24.6 Å². The number of hydrogen-bond donors (Lipinski definition) is 3. The molecule has 1 atom stereocenters. The van der Waals surface area contributed by atoms with Crippen molar-refractivity contribution in [3.8, 4) is 5.75 Å². The van der Waals surface area contributed by atoms with Crippen LogP contribution in [0.15, 0.2) is 53.4 Å². The summed E-state index contributed by atoms with van der Waals surface area (Å²) in [6.45, 7) is 1.54. The Morgan fingerprint density at radius 3 is 2.52 bits per heavy atom. The van der Waals surface area contributed by atoms with E-state index in [-0.39, 0.29) is 21.5 Å². The summed E-state index contributed by atoms with van der Waals surface area (Å²) in [5.41, 5.74) is 0.771. The van der Waals surface area contributed by atoms with E-state index in [4.69, 9.17) is 17.3 Å². The number of carbonyl (C=O) groups excluding carboxylic acids is 2. The van der Waals surface area contributed by atoms with Crippen molar-refractivity contribution >= 4 is 57.8 Å². The van der Waals surface area contributed by atoms with Gasteiger partial charge in [-0.15, -0.1) is 0 Å². The van der Waals surface area contributed by atoms with Crippen LogP contribution < -0.4 is 5.32 Å². The fourth-order valence-corrected chi connectivity index (χ4v) is 4.09. The van der Waals surface area contributed by atoms with Gasteiger partial charge in [0, 0.05) is 11.8 Å². The van der Waals surface area contributed by atoms with E-state index < -0.39 is 23.7 Å². The van der Waals surface area contributed by atoms with E-state index in [1.165, 1.54) is 24.0 Å². The number of carboxylic acids is 1. The quantitative estimate of drug-likeness (QED) is 0.495. The van der Waals surface area contributed by atoms with E-state index in [1.54, 1.807) is 6.08 Å². The van der Waals surface area contributed by atoms with Crippen LogP contribution >= 0.6 is 24.0 Å². The molecule has 0 spiro atoms. The molecule has 3 rings (SSSR count). The van der Waals surface area contributed by atoms with Crippen molar-refractivity contribution in [2.45, 2.75) is 13.0 Å². The van der Waals surface area contributed by atoms with Crippen LogP contribution in [0.3, 0.4) is 0 Å². The van der Waals surface area contributed by atoms with Gasteiger partial charge in [-0.3, -0.25) is 14.5 Å². The summed E-state index contributed by atoms with van der Waals surface area (Å²) in [4.78, 5) is 38.0. The average molecular weight is 428 g/mol. The number of nitrogens with zero attached hydrogens (tertiary/aromatic N) is 1. The van der Waals surface area contributed by atoms with Crippen LogP contribution in [0.2, 0.25) is 0 Å². The molecule has 0 saturated carbocycles. The number of benzene rings is 2. The maximum Gasteiger partial charge on any atom is 0.339 e. The predicted molar refractivity (Wildman–Crippen MR) is 115 cm³/mol. The number of thiocarbonyl (C=S) groups is 1. The van der Waals surface area contributed by atoms with Crippen LogP contribution in [0.25, 0.3) is 6.08 Å². The van der Waals surface area contributed by atoms with Gasteiger partial charge < -0.3 is 15.5 Å². The molecule has 1 aliphatic rings. The topological polar surface area (TPSA) is 107 Å². The maximum atomic E-state index is 12.8. The SMILES string of the molecule is CC(C(=O)Nc1ccc(C(=O)O)c(O)c1)N1C(=O)/C(=C\c2ccccc2)SC1=S. The second kappa shape index (κ2) is 8.46. The first kappa shape index (κ1) is 20.6. The van der Waals surface area contributed by atoms with Crippen molar-refractivity contribution in [3.05, 3.63) is 64.6 Å². The first-order valence-electron chi connectivity index (χ1n) is 8.47. The molecular weight excluding hydrogens is 412 g/mol. The number of anilines is 1. The number of rotatable bonds is 5. The highest BCUT2D eigenvalue weighted by atomic mass is 32.2. The van der Waals surface area contributed by atoms with E-state index in [0.717, 1.165) is 23.4 Å². The van der Waals surface area contributed by atoms with E-state index in [0.29, 0.717) is 4.91 Å². The minimum atomic E-state index is -1.28. The van der Waals surface area contributed by atoms with E-state index in [2.05, 4.69) is 5.32 Å². The molecular formula is C20H16N2O5S2. The molecule has 0 aromatic heterocycles. The fraction of sp³-hybridized carbons (Fsp3) is 0.100. The van der Waals surface area contributed by atoms with Gasteiger partial charge in [0.2, 0.25) is 5.91 Å². The van der Waals surface area contributed by atoms with E-state index in [9.17, 15) is 19.5 Å². The predicted octanol–water partition coefficient (Wildman–Crippen LogP) is 3.32. The molecule has 148 valence electrons. The van der Waals surface area contributed by atoms with Crippen molar-refractivity contribution in [1.82, 2.24) is 4.90 Å². The lowest BCUT2D eigenvalue weighted by molar-refractivity contribution is -0.129. The summed E-state index contributed by atoms with van der Waals surface area (Å²) in [6.07, 6.45) is 1.71. The summed E-state index contributed by atoms with van der Waals surface area (Å²) >= 11 is 6.40. The lowest BCUT2D eigenvalue weighted by Gasteiger charge is -2.22. The van der Waals surface area contributed by atoms with Crippen molar-refractivity contribution in [2.75, 3.05) is 5.32 Å². The van der Waals surface area contributed by atoms with Gasteiger partial charge >= 0.3 is 5.97 Å². The van der Waals surface area contributed by atoms with Crippen LogP contribution in [0.5, 0.6) is 5.75 Å². The third kappa shape index (κ3) is 4.47. The van der Waals surface area contributed by atoms with Gasteiger partial charge in [0.1, 0.15) is 21.7 Å². The van der Waals surface area contributed by atoms with Crippen LogP contribution in [-0.2, 0) is 9.59 Å². The number of nitrogens with one attached hydrogen (secondary N) is 1. The molecule has 0 radical (unpaired) electrons. The van der Waals surface area contributed by atoms with Gasteiger partial charge in [0.05, 0.1) is 4.91 Å². The van der Waals surface area contributed by atoms with Crippen LogP contribution in [-0.4, -0.2) is 43.3 Å². The van der Waals surface area contributed by atoms with Gasteiger partial charge in [0.25, 0.3) is 5.91 Å². The summed E-state index contributed by atoms with van der Waals surface area (Å²) in [6, 6.07) is 12.1. The summed E-state index contributed by atoms with van der Waals surface area (Å²) in [7, 11) is 0. The zero-order chi connectivity index (χ0) is 21.1. The largest absolute Gasteiger partial charge is 0.507 e. The molecule has 3 N–H and O–H groups in total. The Hall–Kier alpha value is -3.17. The molecule has 2 amide bonds. The summed E-state index contributed by atoms with van der Waals surface area (Å²) < 4.78 is 0.268. The number of amides is 2. The average Bonchev–Trinajstić information content (AvgIpc) is 2.95. The molecule has 1 unspecified atom stereocenters. The van der Waals surface area contributed by atoms with Gasteiger partial charge in [-0.25, -0.2) is 4.79 Å². The highest BCUT2D eigenvalue weighted by Crippen LogP contribution is 2.34. The molecule has 1 heterocycles. The van der Waals surface area contributed by atoms with Gasteiger partial charge in [0.15, 0.2) is 0 Å². The zero-order valence-electron chi connectivity index (χ0n) is 15.2. The highest BCUT2D eigenvalue weighted by molar-refractivity contribution is 8.26. The van der Waals surface area contributed by atoms with Crippen LogP contribution in [0.4, 0.5) is 5.69 Å². The standard InChI is InChI=1S/C20H16N2O5S2/c1-11(17(24)21-13-7-8-14(19(26)27)15(23)10-13)22-18(25)16(29-20(22)28)9-12-5-3-2-4-6-12/h2-11,23H,1H3,(H,21,24)(H,26,27)/b16-9+. The van der Waals surface area contributed by atoms with Crippen LogP contribution in [0.1, 0.15) is 22.8 Å².